The van der Waals surface area contributed by atoms with Crippen molar-refractivity contribution in [3.63, 3.8) is 0 Å². The highest BCUT2D eigenvalue weighted by atomic mass is 16.5. The van der Waals surface area contributed by atoms with Crippen LogP contribution in [-0.4, -0.2) is 62.3 Å². The number of piperazine rings is 1. The maximum atomic E-state index is 5.41. The van der Waals surface area contributed by atoms with Crippen LogP contribution in [0.1, 0.15) is 20.3 Å². The van der Waals surface area contributed by atoms with E-state index < -0.39 is 0 Å². The van der Waals surface area contributed by atoms with Crippen molar-refractivity contribution in [1.82, 2.24) is 9.80 Å². The van der Waals surface area contributed by atoms with Gasteiger partial charge in [0.2, 0.25) is 0 Å². The standard InChI is InChI=1S/C11H24N2O/c1-11(2,14-4)5-6-13-9-7-12(3)8-10-13/h5-10H2,1-4H3. The van der Waals surface area contributed by atoms with Gasteiger partial charge >= 0.3 is 0 Å². The van der Waals surface area contributed by atoms with Gasteiger partial charge in [0.15, 0.2) is 0 Å². The number of ether oxygens (including phenoxy) is 1. The van der Waals surface area contributed by atoms with Gasteiger partial charge in [-0.05, 0) is 27.3 Å². The zero-order valence-electron chi connectivity index (χ0n) is 10.0. The molecule has 0 aliphatic carbocycles. The average molecular weight is 200 g/mol. The van der Waals surface area contributed by atoms with Crippen molar-refractivity contribution < 1.29 is 4.74 Å². The fourth-order valence-electron chi connectivity index (χ4n) is 1.60. The first-order valence-corrected chi connectivity index (χ1v) is 5.49. The summed E-state index contributed by atoms with van der Waals surface area (Å²) in [5, 5.41) is 0. The second-order valence-electron chi connectivity index (χ2n) is 4.86. The lowest BCUT2D eigenvalue weighted by molar-refractivity contribution is 0.00412. The third-order valence-electron chi connectivity index (χ3n) is 3.18. The van der Waals surface area contributed by atoms with Crippen molar-refractivity contribution >= 4 is 0 Å². The summed E-state index contributed by atoms with van der Waals surface area (Å²) in [6.45, 7) is 10.3. The van der Waals surface area contributed by atoms with E-state index in [1.807, 2.05) is 0 Å². The lowest BCUT2D eigenvalue weighted by Gasteiger charge is -2.34. The van der Waals surface area contributed by atoms with Crippen LogP contribution in [0.3, 0.4) is 0 Å². The summed E-state index contributed by atoms with van der Waals surface area (Å²) in [5.74, 6) is 0. The molecule has 0 spiro atoms. The van der Waals surface area contributed by atoms with Gasteiger partial charge in [-0.2, -0.15) is 0 Å². The quantitative estimate of drug-likeness (QED) is 0.674. The molecule has 1 saturated heterocycles. The van der Waals surface area contributed by atoms with Crippen LogP contribution in [0.25, 0.3) is 0 Å². The molecule has 1 fully saturated rings. The molecule has 0 aromatic heterocycles. The van der Waals surface area contributed by atoms with E-state index in [9.17, 15) is 0 Å². The van der Waals surface area contributed by atoms with Crippen LogP contribution in [0.2, 0.25) is 0 Å². The minimum absolute atomic E-state index is 0.0311. The molecule has 1 aliphatic heterocycles. The first-order chi connectivity index (χ1) is 6.53. The van der Waals surface area contributed by atoms with Gasteiger partial charge < -0.3 is 14.5 Å². The third kappa shape index (κ3) is 3.95. The Morgan fingerprint density at radius 3 is 2.21 bits per heavy atom. The Morgan fingerprint density at radius 1 is 1.14 bits per heavy atom. The van der Waals surface area contributed by atoms with Crippen molar-refractivity contribution in [3.05, 3.63) is 0 Å². The van der Waals surface area contributed by atoms with Crippen LogP contribution >= 0.6 is 0 Å². The van der Waals surface area contributed by atoms with E-state index in [4.69, 9.17) is 4.74 Å². The normalized spacial score (nSPS) is 21.4. The highest BCUT2D eigenvalue weighted by molar-refractivity contribution is 4.74. The topological polar surface area (TPSA) is 15.7 Å². The van der Waals surface area contributed by atoms with Crippen molar-refractivity contribution in [2.75, 3.05) is 46.9 Å². The maximum Gasteiger partial charge on any atom is 0.0634 e. The second kappa shape index (κ2) is 5.10. The van der Waals surface area contributed by atoms with Gasteiger partial charge in [0, 0.05) is 39.8 Å². The second-order valence-corrected chi connectivity index (χ2v) is 4.86. The Bertz CT molecular complexity index is 163. The molecule has 3 nitrogen and oxygen atoms in total. The molecule has 3 heteroatoms. The molecule has 0 atom stereocenters. The van der Waals surface area contributed by atoms with Crippen LogP contribution in [0.15, 0.2) is 0 Å². The Labute approximate surface area is 88.0 Å². The van der Waals surface area contributed by atoms with Gasteiger partial charge in [0.25, 0.3) is 0 Å². The maximum absolute atomic E-state index is 5.41. The Balaban J connectivity index is 2.19. The molecule has 0 amide bonds. The van der Waals surface area contributed by atoms with Crippen molar-refractivity contribution in [1.29, 1.82) is 0 Å². The molecule has 0 saturated carbocycles. The van der Waals surface area contributed by atoms with E-state index in [-0.39, 0.29) is 5.60 Å². The van der Waals surface area contributed by atoms with E-state index in [0.29, 0.717) is 0 Å². The molecule has 84 valence electrons. The fourth-order valence-corrected chi connectivity index (χ4v) is 1.60. The highest BCUT2D eigenvalue weighted by Gasteiger charge is 2.19. The molecular formula is C11H24N2O. The lowest BCUT2D eigenvalue weighted by atomic mass is 10.0. The Morgan fingerprint density at radius 2 is 1.71 bits per heavy atom. The molecular weight excluding hydrogens is 176 g/mol. The van der Waals surface area contributed by atoms with E-state index in [1.165, 1.54) is 26.2 Å². The van der Waals surface area contributed by atoms with E-state index in [2.05, 4.69) is 30.7 Å². The molecule has 0 aromatic carbocycles. The van der Waals surface area contributed by atoms with Crippen LogP contribution < -0.4 is 0 Å². The fraction of sp³-hybridized carbons (Fsp3) is 1.00. The predicted molar refractivity (Wildman–Crippen MR) is 59.6 cm³/mol. The molecule has 0 N–H and O–H groups in total. The van der Waals surface area contributed by atoms with Crippen LogP contribution in [0.5, 0.6) is 0 Å². The summed E-state index contributed by atoms with van der Waals surface area (Å²) in [5.41, 5.74) is 0.0311. The van der Waals surface area contributed by atoms with Gasteiger partial charge in [-0.25, -0.2) is 0 Å². The number of likely N-dealkylation sites (N-methyl/N-ethyl adjacent to an activating group) is 1. The molecule has 14 heavy (non-hydrogen) atoms. The lowest BCUT2D eigenvalue weighted by Crippen LogP contribution is -2.45. The highest BCUT2D eigenvalue weighted by Crippen LogP contribution is 2.14. The van der Waals surface area contributed by atoms with Gasteiger partial charge in [-0.3, -0.25) is 0 Å². The summed E-state index contributed by atoms with van der Waals surface area (Å²) in [4.78, 5) is 4.92. The molecule has 0 radical (unpaired) electrons. The summed E-state index contributed by atoms with van der Waals surface area (Å²) < 4.78 is 5.41. The van der Waals surface area contributed by atoms with Crippen molar-refractivity contribution in [2.45, 2.75) is 25.9 Å². The van der Waals surface area contributed by atoms with E-state index in [1.54, 1.807) is 7.11 Å². The van der Waals surface area contributed by atoms with Gasteiger partial charge in [0.1, 0.15) is 0 Å². The molecule has 0 unspecified atom stereocenters. The minimum atomic E-state index is 0.0311. The first kappa shape index (κ1) is 12.0. The van der Waals surface area contributed by atoms with Crippen molar-refractivity contribution in [3.8, 4) is 0 Å². The summed E-state index contributed by atoms with van der Waals surface area (Å²) in [6.07, 6.45) is 1.12. The van der Waals surface area contributed by atoms with Crippen LogP contribution in [-0.2, 0) is 4.74 Å². The monoisotopic (exact) mass is 200 g/mol. The van der Waals surface area contributed by atoms with Crippen LogP contribution in [0, 0.1) is 0 Å². The summed E-state index contributed by atoms with van der Waals surface area (Å²) >= 11 is 0. The summed E-state index contributed by atoms with van der Waals surface area (Å²) in [6, 6.07) is 0. The molecule has 0 aromatic rings. The van der Waals surface area contributed by atoms with Gasteiger partial charge in [-0.15, -0.1) is 0 Å². The van der Waals surface area contributed by atoms with E-state index >= 15 is 0 Å². The Hall–Kier alpha value is -0.120. The third-order valence-corrected chi connectivity index (χ3v) is 3.18. The zero-order chi connectivity index (χ0) is 10.6. The first-order valence-electron chi connectivity index (χ1n) is 5.49. The molecule has 1 heterocycles. The molecule has 1 aliphatic rings. The largest absolute Gasteiger partial charge is 0.379 e. The number of methoxy groups -OCH3 is 1. The average Bonchev–Trinajstić information content (AvgIpc) is 2.17. The molecule has 1 rings (SSSR count). The number of rotatable bonds is 4. The predicted octanol–water partition coefficient (Wildman–Crippen LogP) is 1.05. The van der Waals surface area contributed by atoms with E-state index in [0.717, 1.165) is 13.0 Å². The van der Waals surface area contributed by atoms with Gasteiger partial charge in [0.05, 0.1) is 5.60 Å². The summed E-state index contributed by atoms with van der Waals surface area (Å²) in [7, 11) is 3.99. The molecule has 0 bridgehead atoms. The smallest absolute Gasteiger partial charge is 0.0634 e. The van der Waals surface area contributed by atoms with Gasteiger partial charge in [-0.1, -0.05) is 0 Å². The number of nitrogens with zero attached hydrogens (tertiary/aromatic N) is 2. The number of hydrogen-bond donors (Lipinski definition) is 0. The van der Waals surface area contributed by atoms with Crippen molar-refractivity contribution in [2.24, 2.45) is 0 Å². The number of hydrogen-bond acceptors (Lipinski definition) is 3. The Kier molecular flexibility index (Phi) is 4.35. The zero-order valence-corrected chi connectivity index (χ0v) is 10.0. The SMILES string of the molecule is COC(C)(C)CCN1CCN(C)CC1. The minimum Gasteiger partial charge on any atom is -0.379 e. The van der Waals surface area contributed by atoms with Crippen LogP contribution in [0.4, 0.5) is 0 Å².